The highest BCUT2D eigenvalue weighted by Crippen LogP contribution is 2.34. The SMILES string of the molecule is CSCC[C@H](N)C(=O)Nc1nnc(C(C)(C)c2ccccc2)s1. The minimum absolute atomic E-state index is 0.209. The number of nitrogens with zero attached hydrogens (tertiary/aromatic N) is 2. The fraction of sp³-hybridized carbons (Fsp3) is 0.438. The second kappa shape index (κ2) is 7.90. The van der Waals surface area contributed by atoms with Gasteiger partial charge in [0, 0.05) is 5.41 Å². The largest absolute Gasteiger partial charge is 0.320 e. The zero-order chi connectivity index (χ0) is 16.9. The van der Waals surface area contributed by atoms with Gasteiger partial charge in [-0.3, -0.25) is 10.1 Å². The van der Waals surface area contributed by atoms with Crippen LogP contribution in [0, 0.1) is 0 Å². The summed E-state index contributed by atoms with van der Waals surface area (Å²) < 4.78 is 0. The zero-order valence-electron chi connectivity index (χ0n) is 13.6. The predicted octanol–water partition coefficient (Wildman–Crippen LogP) is 2.88. The summed E-state index contributed by atoms with van der Waals surface area (Å²) >= 11 is 3.06. The van der Waals surface area contributed by atoms with Crippen LogP contribution in [0.4, 0.5) is 5.13 Å². The number of benzene rings is 1. The van der Waals surface area contributed by atoms with Crippen LogP contribution in [0.1, 0.15) is 30.8 Å². The van der Waals surface area contributed by atoms with E-state index in [1.807, 2.05) is 24.5 Å². The molecule has 2 rings (SSSR count). The normalized spacial score (nSPS) is 12.9. The van der Waals surface area contributed by atoms with E-state index in [1.54, 1.807) is 11.8 Å². The molecule has 3 N–H and O–H groups in total. The molecule has 0 saturated carbocycles. The second-order valence-electron chi connectivity index (χ2n) is 5.78. The molecule has 0 saturated heterocycles. The molecular formula is C16H22N4OS2. The van der Waals surface area contributed by atoms with E-state index < -0.39 is 6.04 Å². The van der Waals surface area contributed by atoms with Crippen LogP contribution in [0.15, 0.2) is 30.3 Å². The monoisotopic (exact) mass is 350 g/mol. The van der Waals surface area contributed by atoms with Crippen molar-refractivity contribution in [2.45, 2.75) is 31.7 Å². The first-order valence-electron chi connectivity index (χ1n) is 7.40. The molecule has 1 aromatic carbocycles. The highest BCUT2D eigenvalue weighted by molar-refractivity contribution is 7.98. The minimum Gasteiger partial charge on any atom is -0.320 e. The van der Waals surface area contributed by atoms with Gasteiger partial charge in [0.2, 0.25) is 11.0 Å². The Bertz CT molecular complexity index is 643. The van der Waals surface area contributed by atoms with Crippen molar-refractivity contribution < 1.29 is 4.79 Å². The van der Waals surface area contributed by atoms with Crippen LogP contribution < -0.4 is 11.1 Å². The first kappa shape index (κ1) is 17.9. The van der Waals surface area contributed by atoms with Crippen LogP contribution in [-0.4, -0.2) is 34.2 Å². The molecule has 2 aromatic rings. The van der Waals surface area contributed by atoms with E-state index >= 15 is 0 Å². The summed E-state index contributed by atoms with van der Waals surface area (Å²) in [4.78, 5) is 12.0. The molecule has 0 radical (unpaired) electrons. The van der Waals surface area contributed by atoms with Gasteiger partial charge in [-0.2, -0.15) is 11.8 Å². The van der Waals surface area contributed by atoms with E-state index in [0.29, 0.717) is 11.6 Å². The minimum atomic E-state index is -0.517. The van der Waals surface area contributed by atoms with E-state index in [4.69, 9.17) is 5.73 Å². The third kappa shape index (κ3) is 4.53. The predicted molar refractivity (Wildman–Crippen MR) is 98.1 cm³/mol. The average molecular weight is 351 g/mol. The third-order valence-electron chi connectivity index (χ3n) is 3.66. The van der Waals surface area contributed by atoms with Crippen molar-refractivity contribution in [2.24, 2.45) is 5.73 Å². The topological polar surface area (TPSA) is 80.9 Å². The first-order chi connectivity index (χ1) is 10.9. The van der Waals surface area contributed by atoms with Crippen molar-refractivity contribution in [3.8, 4) is 0 Å². The van der Waals surface area contributed by atoms with Crippen LogP contribution in [0.25, 0.3) is 0 Å². The Morgan fingerprint density at radius 3 is 2.70 bits per heavy atom. The molecular weight excluding hydrogens is 328 g/mol. The first-order valence-corrected chi connectivity index (χ1v) is 9.61. The lowest BCUT2D eigenvalue weighted by Crippen LogP contribution is -2.36. The Balaban J connectivity index is 2.07. The number of amides is 1. The van der Waals surface area contributed by atoms with Crippen LogP contribution in [0.2, 0.25) is 0 Å². The summed E-state index contributed by atoms with van der Waals surface area (Å²) in [6.45, 7) is 4.19. The molecule has 7 heteroatoms. The van der Waals surface area contributed by atoms with E-state index in [2.05, 4.69) is 41.5 Å². The fourth-order valence-electron chi connectivity index (χ4n) is 2.08. The number of carbonyl (C=O) groups excluding carboxylic acids is 1. The third-order valence-corrected chi connectivity index (χ3v) is 5.46. The molecule has 0 unspecified atom stereocenters. The lowest BCUT2D eigenvalue weighted by molar-refractivity contribution is -0.117. The van der Waals surface area contributed by atoms with E-state index in [9.17, 15) is 4.79 Å². The van der Waals surface area contributed by atoms with Crippen molar-refractivity contribution in [1.82, 2.24) is 10.2 Å². The highest BCUT2D eigenvalue weighted by Gasteiger charge is 2.28. The molecule has 0 bridgehead atoms. The lowest BCUT2D eigenvalue weighted by atomic mass is 9.85. The van der Waals surface area contributed by atoms with Gasteiger partial charge >= 0.3 is 0 Å². The smallest absolute Gasteiger partial charge is 0.243 e. The Morgan fingerprint density at radius 1 is 1.35 bits per heavy atom. The maximum absolute atomic E-state index is 12.0. The maximum atomic E-state index is 12.0. The number of carbonyl (C=O) groups is 1. The summed E-state index contributed by atoms with van der Waals surface area (Å²) in [5.74, 6) is 0.649. The number of nitrogens with two attached hydrogens (primary N) is 1. The molecule has 1 aromatic heterocycles. The quantitative estimate of drug-likeness (QED) is 0.802. The maximum Gasteiger partial charge on any atom is 0.243 e. The lowest BCUT2D eigenvalue weighted by Gasteiger charge is -2.21. The Hall–Kier alpha value is -1.44. The number of aromatic nitrogens is 2. The Kier molecular flexibility index (Phi) is 6.15. The van der Waals surface area contributed by atoms with Gasteiger partial charge in [0.1, 0.15) is 5.01 Å². The van der Waals surface area contributed by atoms with E-state index in [0.717, 1.165) is 16.3 Å². The number of thioether (sulfide) groups is 1. The summed E-state index contributed by atoms with van der Waals surface area (Å²) in [7, 11) is 0. The molecule has 1 heterocycles. The molecule has 0 fully saturated rings. The number of anilines is 1. The number of hydrogen-bond donors (Lipinski definition) is 2. The highest BCUT2D eigenvalue weighted by atomic mass is 32.2. The number of hydrogen-bond acceptors (Lipinski definition) is 6. The Labute approximate surface area is 145 Å². The van der Waals surface area contributed by atoms with Crippen molar-refractivity contribution in [3.63, 3.8) is 0 Å². The molecule has 5 nitrogen and oxygen atoms in total. The van der Waals surface area contributed by atoms with Gasteiger partial charge in [-0.1, -0.05) is 41.7 Å². The standard InChI is InChI=1S/C16H22N4OS2/c1-16(2,11-7-5-4-6-8-11)14-19-20-15(23-14)18-13(21)12(17)9-10-22-3/h4-8,12H,9-10,17H2,1-3H3,(H,18,20,21)/t12-/m0/s1. The van der Waals surface area contributed by atoms with Crippen molar-refractivity contribution in [2.75, 3.05) is 17.3 Å². The molecule has 0 aliphatic heterocycles. The Morgan fingerprint density at radius 2 is 2.04 bits per heavy atom. The van der Waals surface area contributed by atoms with E-state index in [-0.39, 0.29) is 11.3 Å². The van der Waals surface area contributed by atoms with E-state index in [1.165, 1.54) is 11.3 Å². The van der Waals surface area contributed by atoms with Crippen molar-refractivity contribution in [1.29, 1.82) is 0 Å². The van der Waals surface area contributed by atoms with Gasteiger partial charge in [0.25, 0.3) is 0 Å². The molecule has 1 amide bonds. The van der Waals surface area contributed by atoms with Gasteiger partial charge in [-0.25, -0.2) is 0 Å². The number of rotatable bonds is 7. The average Bonchev–Trinajstić information content (AvgIpc) is 3.02. The zero-order valence-corrected chi connectivity index (χ0v) is 15.2. The summed E-state index contributed by atoms with van der Waals surface area (Å²) in [5.41, 5.74) is 6.76. The van der Waals surface area contributed by atoms with Gasteiger partial charge in [0.05, 0.1) is 6.04 Å². The van der Waals surface area contributed by atoms with Crippen molar-refractivity contribution in [3.05, 3.63) is 40.9 Å². The van der Waals surface area contributed by atoms with Crippen LogP contribution in [0.5, 0.6) is 0 Å². The molecule has 1 atom stereocenters. The summed E-state index contributed by atoms with van der Waals surface area (Å²) in [5, 5.41) is 12.5. The van der Waals surface area contributed by atoms with Crippen LogP contribution >= 0.6 is 23.1 Å². The van der Waals surface area contributed by atoms with Gasteiger partial charge in [0.15, 0.2) is 0 Å². The summed E-state index contributed by atoms with van der Waals surface area (Å²) in [6, 6.07) is 9.62. The van der Waals surface area contributed by atoms with Gasteiger partial charge in [-0.05, 0) is 37.8 Å². The molecule has 0 aliphatic rings. The molecule has 23 heavy (non-hydrogen) atoms. The summed E-state index contributed by atoms with van der Waals surface area (Å²) in [6.07, 6.45) is 2.64. The molecule has 0 spiro atoms. The van der Waals surface area contributed by atoms with Crippen LogP contribution in [0.3, 0.4) is 0 Å². The van der Waals surface area contributed by atoms with Crippen LogP contribution in [-0.2, 0) is 10.2 Å². The fourth-order valence-corrected chi connectivity index (χ4v) is 3.44. The van der Waals surface area contributed by atoms with Gasteiger partial charge < -0.3 is 5.73 Å². The second-order valence-corrected chi connectivity index (χ2v) is 7.74. The van der Waals surface area contributed by atoms with Crippen molar-refractivity contribution >= 4 is 34.1 Å². The molecule has 124 valence electrons. The van der Waals surface area contributed by atoms with Gasteiger partial charge in [-0.15, -0.1) is 10.2 Å². The number of nitrogens with one attached hydrogen (secondary N) is 1. The molecule has 0 aliphatic carbocycles.